The number of rotatable bonds is 7. The Morgan fingerprint density at radius 2 is 2.17 bits per heavy atom. The van der Waals surface area contributed by atoms with Crippen LogP contribution in [0.3, 0.4) is 0 Å². The predicted molar refractivity (Wildman–Crippen MR) is 65.2 cm³/mol. The van der Waals surface area contributed by atoms with Gasteiger partial charge in [0.05, 0.1) is 12.7 Å². The smallest absolute Gasteiger partial charge is 0.323 e. The van der Waals surface area contributed by atoms with Crippen LogP contribution >= 0.6 is 0 Å². The number of hydrogen-bond acceptors (Lipinski definition) is 4. The van der Waals surface area contributed by atoms with Crippen LogP contribution in [-0.2, 0) is 19.1 Å². The third-order valence-corrected chi connectivity index (χ3v) is 3.60. The first-order chi connectivity index (χ1) is 8.56. The maximum absolute atomic E-state index is 11.9. The first-order valence-electron chi connectivity index (χ1n) is 6.59. The summed E-state index contributed by atoms with van der Waals surface area (Å²) in [6.45, 7) is 4.32. The van der Waals surface area contributed by atoms with Crippen LogP contribution in [-0.4, -0.2) is 36.4 Å². The Morgan fingerprint density at radius 3 is 2.61 bits per heavy atom. The topological polar surface area (TPSA) is 72.8 Å². The largest absolute Gasteiger partial charge is 0.480 e. The molecule has 0 amide bonds. The number of carboxylic acids is 1. The van der Waals surface area contributed by atoms with Crippen molar-refractivity contribution in [3.8, 4) is 0 Å². The average molecular weight is 258 g/mol. The number of carbonyl (C=O) groups excluding carboxylic acids is 1. The molecule has 1 aliphatic rings. The van der Waals surface area contributed by atoms with Crippen molar-refractivity contribution in [3.63, 3.8) is 0 Å². The van der Waals surface area contributed by atoms with E-state index in [-0.39, 0.29) is 25.6 Å². The van der Waals surface area contributed by atoms with Gasteiger partial charge in [0.2, 0.25) is 0 Å². The fraction of sp³-hybridized carbons (Fsp3) is 0.846. The number of aliphatic carboxylic acids is 1. The lowest BCUT2D eigenvalue weighted by molar-refractivity contribution is -0.170. The van der Waals surface area contributed by atoms with E-state index in [9.17, 15) is 14.7 Å². The van der Waals surface area contributed by atoms with Crippen LogP contribution in [0.25, 0.3) is 0 Å². The molecule has 1 fully saturated rings. The third-order valence-electron chi connectivity index (χ3n) is 3.60. The molecule has 1 rings (SSSR count). The Labute approximate surface area is 107 Å². The van der Waals surface area contributed by atoms with Crippen molar-refractivity contribution in [1.29, 1.82) is 0 Å². The summed E-state index contributed by atoms with van der Waals surface area (Å²) in [6.07, 6.45) is 3.16. The predicted octanol–water partition coefficient (Wildman–Crippen LogP) is 1.99. The standard InChI is InChI=1S/C13H22O5/c1-3-13(11(14)15,12(16)17-4-2)8-7-10-6-5-9-18-10/h10H,3-9H2,1-2H3,(H,14,15). The summed E-state index contributed by atoms with van der Waals surface area (Å²) in [6, 6.07) is 0. The van der Waals surface area contributed by atoms with Crippen molar-refractivity contribution >= 4 is 11.9 Å². The van der Waals surface area contributed by atoms with E-state index in [1.165, 1.54) is 0 Å². The Morgan fingerprint density at radius 1 is 1.44 bits per heavy atom. The average Bonchev–Trinajstić information content (AvgIpc) is 2.83. The molecule has 0 aromatic rings. The van der Waals surface area contributed by atoms with Crippen LogP contribution in [0.2, 0.25) is 0 Å². The maximum Gasteiger partial charge on any atom is 0.323 e. The second-order valence-corrected chi connectivity index (χ2v) is 4.63. The van der Waals surface area contributed by atoms with Gasteiger partial charge in [-0.15, -0.1) is 0 Å². The zero-order valence-corrected chi connectivity index (χ0v) is 11.1. The molecule has 104 valence electrons. The summed E-state index contributed by atoms with van der Waals surface area (Å²) in [7, 11) is 0. The Kier molecular flexibility index (Phi) is 5.59. The van der Waals surface area contributed by atoms with Crippen LogP contribution in [0.5, 0.6) is 0 Å². The van der Waals surface area contributed by atoms with E-state index in [0.717, 1.165) is 19.4 Å². The van der Waals surface area contributed by atoms with Gasteiger partial charge in [-0.25, -0.2) is 0 Å². The number of esters is 1. The van der Waals surface area contributed by atoms with Crippen molar-refractivity contribution in [2.75, 3.05) is 13.2 Å². The SMILES string of the molecule is CCOC(=O)C(CC)(CCC1CCCO1)C(=O)O. The molecule has 2 unspecified atom stereocenters. The fourth-order valence-corrected chi connectivity index (χ4v) is 2.32. The Balaban J connectivity index is 2.69. The molecular formula is C13H22O5. The summed E-state index contributed by atoms with van der Waals surface area (Å²) in [5, 5.41) is 9.35. The summed E-state index contributed by atoms with van der Waals surface area (Å²) in [5.41, 5.74) is -1.41. The van der Waals surface area contributed by atoms with Crippen LogP contribution in [0.15, 0.2) is 0 Å². The number of hydrogen-bond donors (Lipinski definition) is 1. The number of carboxylic acid groups (broad SMARTS) is 1. The van der Waals surface area contributed by atoms with Crippen molar-refractivity contribution in [1.82, 2.24) is 0 Å². The highest BCUT2D eigenvalue weighted by atomic mass is 16.5. The second kappa shape index (κ2) is 6.73. The molecule has 0 saturated carbocycles. The molecule has 0 bridgehead atoms. The third kappa shape index (κ3) is 3.22. The highest BCUT2D eigenvalue weighted by Crippen LogP contribution is 2.33. The zero-order valence-electron chi connectivity index (χ0n) is 11.1. The minimum Gasteiger partial charge on any atom is -0.480 e. The molecule has 1 N–H and O–H groups in total. The molecule has 1 saturated heterocycles. The molecule has 0 spiro atoms. The van der Waals surface area contributed by atoms with Gasteiger partial charge in [0, 0.05) is 6.61 Å². The van der Waals surface area contributed by atoms with E-state index in [2.05, 4.69) is 0 Å². The van der Waals surface area contributed by atoms with Gasteiger partial charge in [-0.3, -0.25) is 9.59 Å². The van der Waals surface area contributed by atoms with Crippen molar-refractivity contribution in [3.05, 3.63) is 0 Å². The highest BCUT2D eigenvalue weighted by Gasteiger charge is 2.46. The molecule has 1 heterocycles. The molecule has 18 heavy (non-hydrogen) atoms. The normalized spacial score (nSPS) is 22.4. The molecule has 0 aromatic heterocycles. The van der Waals surface area contributed by atoms with Gasteiger partial charge in [0.15, 0.2) is 5.41 Å². The van der Waals surface area contributed by atoms with Gasteiger partial charge in [0.25, 0.3) is 0 Å². The van der Waals surface area contributed by atoms with Gasteiger partial charge >= 0.3 is 11.9 Å². The maximum atomic E-state index is 11.9. The van der Waals surface area contributed by atoms with Crippen LogP contribution < -0.4 is 0 Å². The molecule has 0 aliphatic carbocycles. The summed E-state index contributed by atoms with van der Waals surface area (Å²) >= 11 is 0. The molecule has 1 aliphatic heterocycles. The molecular weight excluding hydrogens is 236 g/mol. The van der Waals surface area contributed by atoms with Gasteiger partial charge in [-0.05, 0) is 39.0 Å². The van der Waals surface area contributed by atoms with Gasteiger partial charge < -0.3 is 14.6 Å². The molecule has 2 atom stereocenters. The molecule has 5 nitrogen and oxygen atoms in total. The first-order valence-corrected chi connectivity index (χ1v) is 6.59. The Bertz CT molecular complexity index is 296. The summed E-state index contributed by atoms with van der Waals surface area (Å²) < 4.78 is 10.4. The lowest BCUT2D eigenvalue weighted by Crippen LogP contribution is -2.41. The number of carbonyl (C=O) groups is 2. The lowest BCUT2D eigenvalue weighted by atomic mass is 9.79. The molecule has 0 radical (unpaired) electrons. The summed E-state index contributed by atoms with van der Waals surface area (Å²) in [5.74, 6) is -1.72. The lowest BCUT2D eigenvalue weighted by Gasteiger charge is -2.26. The van der Waals surface area contributed by atoms with E-state index in [4.69, 9.17) is 9.47 Å². The molecule has 0 aromatic carbocycles. The van der Waals surface area contributed by atoms with Crippen LogP contribution in [0.1, 0.15) is 46.0 Å². The minimum atomic E-state index is -1.41. The van der Waals surface area contributed by atoms with Gasteiger partial charge in [-0.1, -0.05) is 6.92 Å². The van der Waals surface area contributed by atoms with Gasteiger partial charge in [0.1, 0.15) is 0 Å². The van der Waals surface area contributed by atoms with E-state index >= 15 is 0 Å². The minimum absolute atomic E-state index is 0.0877. The summed E-state index contributed by atoms with van der Waals surface area (Å²) in [4.78, 5) is 23.3. The van der Waals surface area contributed by atoms with Crippen molar-refractivity contribution < 1.29 is 24.2 Å². The van der Waals surface area contributed by atoms with E-state index in [1.54, 1.807) is 13.8 Å². The molecule has 5 heteroatoms. The first kappa shape index (κ1) is 15.0. The van der Waals surface area contributed by atoms with E-state index < -0.39 is 17.4 Å². The second-order valence-electron chi connectivity index (χ2n) is 4.63. The Hall–Kier alpha value is -1.10. The van der Waals surface area contributed by atoms with Crippen LogP contribution in [0, 0.1) is 5.41 Å². The van der Waals surface area contributed by atoms with E-state index in [1.807, 2.05) is 0 Å². The quantitative estimate of drug-likeness (QED) is 0.558. The van der Waals surface area contributed by atoms with Crippen molar-refractivity contribution in [2.24, 2.45) is 5.41 Å². The fourth-order valence-electron chi connectivity index (χ4n) is 2.32. The number of ether oxygens (including phenoxy) is 2. The zero-order chi connectivity index (χ0) is 13.6. The van der Waals surface area contributed by atoms with Crippen molar-refractivity contribution in [2.45, 2.75) is 52.1 Å². The highest BCUT2D eigenvalue weighted by molar-refractivity contribution is 5.99. The monoisotopic (exact) mass is 258 g/mol. The van der Waals surface area contributed by atoms with Crippen LogP contribution in [0.4, 0.5) is 0 Å². The van der Waals surface area contributed by atoms with Gasteiger partial charge in [-0.2, -0.15) is 0 Å². The van der Waals surface area contributed by atoms with E-state index in [0.29, 0.717) is 6.42 Å².